The number of esters is 1. The van der Waals surface area contributed by atoms with Gasteiger partial charge in [0.1, 0.15) is 22.5 Å². The first kappa shape index (κ1) is 33.2. The molecule has 0 aromatic heterocycles. The Bertz CT molecular complexity index is 1590. The van der Waals surface area contributed by atoms with Crippen LogP contribution in [0.2, 0.25) is 36.3 Å². The van der Waals surface area contributed by atoms with Gasteiger partial charge in [-0.1, -0.05) is 84.0 Å². The number of fused-ring (bicyclic) bond motifs is 1. The molecule has 2 unspecified atom stereocenters. The lowest BCUT2D eigenvalue weighted by Crippen LogP contribution is -2.66. The zero-order chi connectivity index (χ0) is 33.7. The van der Waals surface area contributed by atoms with Crippen LogP contribution in [-0.4, -0.2) is 48.2 Å². The van der Waals surface area contributed by atoms with Crippen LogP contribution in [0.5, 0.6) is 11.5 Å². The van der Waals surface area contributed by atoms with Gasteiger partial charge in [0.2, 0.25) is 8.32 Å². The van der Waals surface area contributed by atoms with Crippen molar-refractivity contribution >= 4 is 28.4 Å². The lowest BCUT2D eigenvalue weighted by atomic mass is 9.48. The smallest absolute Gasteiger partial charge is 0.319 e. The molecule has 0 radical (unpaired) electrons. The number of ether oxygens (including phenoxy) is 3. The quantitative estimate of drug-likeness (QED) is 0.161. The molecule has 9 heteroatoms. The summed E-state index contributed by atoms with van der Waals surface area (Å²) < 4.78 is 33.2. The second kappa shape index (κ2) is 10.6. The number of methoxy groups -OCH3 is 1. The van der Waals surface area contributed by atoms with Crippen molar-refractivity contribution in [2.24, 2.45) is 23.2 Å². The first-order chi connectivity index (χ1) is 21.3. The molecule has 6 atom stereocenters. The summed E-state index contributed by atoms with van der Waals surface area (Å²) in [5, 5.41) is -0.175. The van der Waals surface area contributed by atoms with E-state index in [-0.39, 0.29) is 27.7 Å². The van der Waals surface area contributed by atoms with Crippen molar-refractivity contribution in [3.63, 3.8) is 0 Å². The Labute approximate surface area is 276 Å². The number of hydrogen-bond donors (Lipinski definition) is 0. The van der Waals surface area contributed by atoms with E-state index in [0.29, 0.717) is 30.3 Å². The van der Waals surface area contributed by atoms with Crippen molar-refractivity contribution in [2.75, 3.05) is 13.7 Å². The number of Topliss-reactive ketones (excluding diaryl/α,β-unsaturated/α-hetero) is 1. The highest BCUT2D eigenvalue weighted by molar-refractivity contribution is 6.75. The predicted octanol–water partition coefficient (Wildman–Crippen LogP) is 8.05. The summed E-state index contributed by atoms with van der Waals surface area (Å²) in [4.78, 5) is 29.4. The number of hydrogen-bond acceptors (Lipinski definition) is 7. The van der Waals surface area contributed by atoms with Crippen LogP contribution >= 0.6 is 0 Å². The molecular weight excluding hydrogens is 613 g/mol. The van der Waals surface area contributed by atoms with E-state index in [1.54, 1.807) is 0 Å². The summed E-state index contributed by atoms with van der Waals surface area (Å²) in [6, 6.07) is 13.8. The second-order valence-electron chi connectivity index (χ2n) is 16.6. The molecule has 5 aliphatic rings. The Morgan fingerprint density at radius 1 is 0.913 bits per heavy atom. The number of carbonyl (C=O) groups is 2. The third kappa shape index (κ3) is 4.55. The van der Waals surface area contributed by atoms with Gasteiger partial charge in [-0.3, -0.25) is 9.59 Å². The average molecular weight is 663 g/mol. The maximum Gasteiger partial charge on any atom is 0.319 e. The third-order valence-corrected chi connectivity index (χ3v) is 20.7. The van der Waals surface area contributed by atoms with Crippen LogP contribution in [0, 0.1) is 23.2 Å². The van der Waals surface area contributed by atoms with Crippen molar-refractivity contribution in [1.82, 2.24) is 0 Å². The van der Waals surface area contributed by atoms with Crippen LogP contribution in [0.15, 0.2) is 54.6 Å². The van der Waals surface area contributed by atoms with Gasteiger partial charge in [-0.2, -0.15) is 0 Å². The van der Waals surface area contributed by atoms with Crippen molar-refractivity contribution in [3.8, 4) is 11.5 Å². The van der Waals surface area contributed by atoms with Crippen LogP contribution in [-0.2, 0) is 31.2 Å². The minimum atomic E-state index is -2.37. The lowest BCUT2D eigenvalue weighted by Gasteiger charge is -2.56. The van der Waals surface area contributed by atoms with Crippen LogP contribution in [0.3, 0.4) is 0 Å². The molecule has 7 rings (SSSR count). The summed E-state index contributed by atoms with van der Waals surface area (Å²) >= 11 is 0. The van der Waals surface area contributed by atoms with Crippen molar-refractivity contribution in [3.05, 3.63) is 71.3 Å². The number of benzene rings is 2. The van der Waals surface area contributed by atoms with Crippen LogP contribution in [0.25, 0.3) is 0 Å². The molecule has 2 fully saturated rings. The molecule has 4 aliphatic carbocycles. The zero-order valence-electron chi connectivity index (χ0n) is 29.3. The van der Waals surface area contributed by atoms with Gasteiger partial charge in [0.25, 0.3) is 8.32 Å². The lowest BCUT2D eigenvalue weighted by molar-refractivity contribution is -0.192. The Hall–Kier alpha value is -2.73. The highest BCUT2D eigenvalue weighted by Gasteiger charge is 2.80. The van der Waals surface area contributed by atoms with Gasteiger partial charge in [0.05, 0.1) is 37.9 Å². The minimum absolute atomic E-state index is 0.0793. The standard InChI is InChI=1S/C37H50O7Si2/c1-34(2,3)45(8,9)43-26-17-18-27(44-46(10,11)35(4,5)6)29-28(26)30(38)31-36(33(39)40-7)20-19-25-24(22-42-37(25,29)31)32(36)41-21-23-15-13-12-14-16-23/h12-20,24-25,31-32H,21-22H2,1-11H3/t24-,25?,31+,32+,36+,37?/m1/s1. The van der Waals surface area contributed by atoms with E-state index in [1.165, 1.54) is 7.11 Å². The average Bonchev–Trinajstić information content (AvgIpc) is 3.46. The largest absolute Gasteiger partial charge is 0.543 e. The van der Waals surface area contributed by atoms with E-state index in [2.05, 4.69) is 73.8 Å². The van der Waals surface area contributed by atoms with E-state index in [9.17, 15) is 4.79 Å². The van der Waals surface area contributed by atoms with Gasteiger partial charge in [0, 0.05) is 17.4 Å². The maximum atomic E-state index is 15.2. The highest BCUT2D eigenvalue weighted by atomic mass is 28.4. The summed E-state index contributed by atoms with van der Waals surface area (Å²) in [5.41, 5.74) is -0.267. The topological polar surface area (TPSA) is 80.3 Å². The van der Waals surface area contributed by atoms with Gasteiger partial charge < -0.3 is 23.1 Å². The van der Waals surface area contributed by atoms with Crippen LogP contribution in [0.4, 0.5) is 0 Å². The van der Waals surface area contributed by atoms with Crippen LogP contribution < -0.4 is 8.85 Å². The van der Waals surface area contributed by atoms with Gasteiger partial charge in [-0.15, -0.1) is 0 Å². The molecule has 1 saturated carbocycles. The fraction of sp³-hybridized carbons (Fsp3) is 0.568. The highest BCUT2D eigenvalue weighted by Crippen LogP contribution is 2.72. The predicted molar refractivity (Wildman–Crippen MR) is 183 cm³/mol. The van der Waals surface area contributed by atoms with Crippen molar-refractivity contribution in [2.45, 2.75) is 96.1 Å². The molecule has 0 amide bonds. The van der Waals surface area contributed by atoms with E-state index >= 15 is 4.79 Å². The van der Waals surface area contributed by atoms with Crippen molar-refractivity contribution in [1.29, 1.82) is 0 Å². The molecule has 1 spiro atoms. The number of ketones is 1. The van der Waals surface area contributed by atoms with Crippen LogP contribution in [0.1, 0.15) is 63.0 Å². The maximum absolute atomic E-state index is 15.2. The second-order valence-corrected chi connectivity index (χ2v) is 26.1. The molecule has 46 heavy (non-hydrogen) atoms. The van der Waals surface area contributed by atoms with Crippen molar-refractivity contribution < 1.29 is 32.7 Å². The van der Waals surface area contributed by atoms with Gasteiger partial charge >= 0.3 is 5.97 Å². The Balaban J connectivity index is 1.56. The van der Waals surface area contributed by atoms with E-state index in [4.69, 9.17) is 23.1 Å². The molecule has 1 heterocycles. The molecule has 1 saturated heterocycles. The normalized spacial score (nSPS) is 29.8. The fourth-order valence-electron chi connectivity index (χ4n) is 7.58. The van der Waals surface area contributed by atoms with Gasteiger partial charge in [-0.05, 0) is 54.0 Å². The fourth-order valence-corrected chi connectivity index (χ4v) is 9.63. The Kier molecular flexibility index (Phi) is 7.68. The van der Waals surface area contributed by atoms with E-state index in [1.807, 2.05) is 48.5 Å². The molecule has 1 aliphatic heterocycles. The summed E-state index contributed by atoms with van der Waals surface area (Å²) in [7, 11) is -3.34. The summed E-state index contributed by atoms with van der Waals surface area (Å²) in [6.45, 7) is 22.6. The first-order valence-electron chi connectivity index (χ1n) is 16.5. The SMILES string of the molecule is COC(=O)[C@@]12C=CC3[C@@H](COC34c3c(O[Si](C)(C)C(C)(C)C)ccc(O[Si](C)(C)C(C)(C)C)c3C(=O)[C@H]41)[C@@H]2OCc1ccccc1. The zero-order valence-corrected chi connectivity index (χ0v) is 31.3. The molecular formula is C37H50O7Si2. The number of carbonyl (C=O) groups excluding carboxylic acids is 2. The van der Waals surface area contributed by atoms with E-state index in [0.717, 1.165) is 11.1 Å². The monoisotopic (exact) mass is 662 g/mol. The van der Waals surface area contributed by atoms with Gasteiger partial charge in [0.15, 0.2) is 5.78 Å². The van der Waals surface area contributed by atoms with E-state index < -0.39 is 45.6 Å². The minimum Gasteiger partial charge on any atom is -0.543 e. The molecule has 2 aromatic rings. The Morgan fingerprint density at radius 2 is 1.50 bits per heavy atom. The first-order valence-corrected chi connectivity index (χ1v) is 22.3. The summed E-state index contributed by atoms with van der Waals surface area (Å²) in [6.07, 6.45) is 3.36. The Morgan fingerprint density at radius 3 is 2.09 bits per heavy atom. The molecule has 7 nitrogen and oxygen atoms in total. The molecule has 4 bridgehead atoms. The number of rotatable bonds is 8. The third-order valence-electron chi connectivity index (χ3n) is 12.0. The summed E-state index contributed by atoms with van der Waals surface area (Å²) in [5.74, 6) is -0.687. The molecule has 0 N–H and O–H groups in total. The van der Waals surface area contributed by atoms with Gasteiger partial charge in [-0.25, -0.2) is 0 Å². The molecule has 248 valence electrons. The molecule has 2 aromatic carbocycles.